The van der Waals surface area contributed by atoms with E-state index in [1.165, 1.54) is 69.7 Å². The highest BCUT2D eigenvalue weighted by Gasteiger charge is 2.21. The molecule has 0 saturated heterocycles. The predicted octanol–water partition coefficient (Wildman–Crippen LogP) is 9.95. The number of benzene rings is 5. The van der Waals surface area contributed by atoms with E-state index >= 15 is 0 Å². The molecule has 8 rings (SSSR count). The fourth-order valence-corrected chi connectivity index (χ4v) is 7.06. The van der Waals surface area contributed by atoms with E-state index in [1.54, 1.807) is 0 Å². The molecular weight excluding hydrogens is 454 g/mol. The Labute approximate surface area is 212 Å². The molecule has 0 bridgehead atoms. The van der Waals surface area contributed by atoms with Gasteiger partial charge in [0.2, 0.25) is 0 Å². The number of nitrogens with zero attached hydrogens (tertiary/aromatic N) is 1. The third-order valence-corrected chi connectivity index (χ3v) is 8.52. The van der Waals surface area contributed by atoms with E-state index in [4.69, 9.17) is 0 Å². The number of hydrogen-bond donors (Lipinski definition) is 0. The number of thiophene rings is 1. The molecule has 3 heterocycles. The van der Waals surface area contributed by atoms with E-state index in [0.29, 0.717) is 0 Å². The van der Waals surface area contributed by atoms with Crippen LogP contribution in [0.5, 0.6) is 0 Å². The summed E-state index contributed by atoms with van der Waals surface area (Å²) in [6, 6.07) is 46.3. The van der Waals surface area contributed by atoms with Gasteiger partial charge in [-0.3, -0.25) is 4.40 Å². The Kier molecular flexibility index (Phi) is 4.16. The summed E-state index contributed by atoms with van der Waals surface area (Å²) in [6.45, 7) is 0. The highest BCUT2D eigenvalue weighted by Crippen LogP contribution is 2.47. The van der Waals surface area contributed by atoms with E-state index < -0.39 is 0 Å². The Hall–Kier alpha value is -4.40. The Balaban J connectivity index is 1.67. The van der Waals surface area contributed by atoms with Crippen LogP contribution in [0.15, 0.2) is 127 Å². The number of aromatic nitrogens is 1. The first-order valence-corrected chi connectivity index (χ1v) is 13.1. The van der Waals surface area contributed by atoms with Crippen molar-refractivity contribution in [1.82, 2.24) is 4.40 Å². The molecule has 0 saturated carbocycles. The minimum absolute atomic E-state index is 1.25. The summed E-state index contributed by atoms with van der Waals surface area (Å²) in [5.41, 5.74) is 7.61. The number of pyridine rings is 1. The Morgan fingerprint density at radius 1 is 0.472 bits per heavy atom. The van der Waals surface area contributed by atoms with Crippen LogP contribution in [0.1, 0.15) is 0 Å². The molecule has 0 aliphatic carbocycles. The van der Waals surface area contributed by atoms with Crippen molar-refractivity contribution in [1.29, 1.82) is 0 Å². The molecule has 168 valence electrons. The second-order valence-corrected chi connectivity index (χ2v) is 10.4. The number of para-hydroxylation sites is 1. The molecule has 0 amide bonds. The zero-order valence-electron chi connectivity index (χ0n) is 19.5. The number of hydrogen-bond acceptors (Lipinski definition) is 1. The van der Waals surface area contributed by atoms with Gasteiger partial charge in [-0.25, -0.2) is 0 Å². The van der Waals surface area contributed by atoms with Crippen LogP contribution in [-0.2, 0) is 0 Å². The number of fused-ring (bicyclic) bond motifs is 10. The van der Waals surface area contributed by atoms with Crippen molar-refractivity contribution in [3.05, 3.63) is 127 Å². The fourth-order valence-electron chi connectivity index (χ4n) is 5.82. The minimum atomic E-state index is 1.25. The summed E-state index contributed by atoms with van der Waals surface area (Å²) in [4.78, 5) is 1.31. The third kappa shape index (κ3) is 2.71. The van der Waals surface area contributed by atoms with Crippen LogP contribution < -0.4 is 0 Å². The van der Waals surface area contributed by atoms with Gasteiger partial charge >= 0.3 is 0 Å². The highest BCUT2D eigenvalue weighted by atomic mass is 32.1. The fraction of sp³-hybridized carbons (Fsp3) is 0. The Morgan fingerprint density at radius 3 is 1.94 bits per heavy atom. The molecule has 8 aromatic rings. The predicted molar refractivity (Wildman–Crippen MR) is 156 cm³/mol. The zero-order chi connectivity index (χ0) is 23.6. The summed E-state index contributed by atoms with van der Waals surface area (Å²) in [5, 5.41) is 6.57. The van der Waals surface area contributed by atoms with Crippen molar-refractivity contribution in [2.75, 3.05) is 0 Å². The monoisotopic (exact) mass is 475 g/mol. The molecule has 0 radical (unpaired) electrons. The van der Waals surface area contributed by atoms with E-state index in [-0.39, 0.29) is 0 Å². The molecule has 2 heteroatoms. The summed E-state index contributed by atoms with van der Waals surface area (Å²) < 4.78 is 3.84. The molecule has 3 aromatic heterocycles. The Morgan fingerprint density at radius 2 is 1.14 bits per heavy atom. The van der Waals surface area contributed by atoms with Crippen molar-refractivity contribution in [2.45, 2.75) is 0 Å². The lowest BCUT2D eigenvalue weighted by molar-refractivity contribution is 1.37. The largest absolute Gasteiger partial charge is 0.299 e. The first-order chi connectivity index (χ1) is 17.9. The average molecular weight is 476 g/mol. The van der Waals surface area contributed by atoms with Crippen LogP contribution in [0, 0.1) is 0 Å². The molecule has 0 fully saturated rings. The molecule has 0 N–H and O–H groups in total. The van der Waals surface area contributed by atoms with E-state index in [0.717, 1.165) is 0 Å². The molecule has 0 atom stereocenters. The lowest BCUT2D eigenvalue weighted by atomic mass is 9.96. The van der Waals surface area contributed by atoms with Crippen LogP contribution in [0.25, 0.3) is 69.7 Å². The van der Waals surface area contributed by atoms with Gasteiger partial charge in [0.15, 0.2) is 0 Å². The lowest BCUT2D eigenvalue weighted by Crippen LogP contribution is -1.90. The van der Waals surface area contributed by atoms with Crippen molar-refractivity contribution in [3.63, 3.8) is 0 Å². The summed E-state index contributed by atoms with van der Waals surface area (Å²) in [7, 11) is 0. The van der Waals surface area contributed by atoms with Crippen LogP contribution in [0.2, 0.25) is 0 Å². The maximum atomic E-state index is 2.52. The summed E-state index contributed by atoms with van der Waals surface area (Å²) in [6.07, 6.45) is 0. The zero-order valence-corrected chi connectivity index (χ0v) is 20.3. The van der Waals surface area contributed by atoms with Gasteiger partial charge in [-0.05, 0) is 40.3 Å². The van der Waals surface area contributed by atoms with E-state index in [1.807, 2.05) is 11.3 Å². The molecule has 0 unspecified atom stereocenters. The Bertz CT molecular complexity index is 2080. The highest BCUT2D eigenvalue weighted by molar-refractivity contribution is 7.25. The maximum absolute atomic E-state index is 2.52. The minimum Gasteiger partial charge on any atom is -0.299 e. The molecule has 0 spiro atoms. The maximum Gasteiger partial charge on any atom is 0.109 e. The van der Waals surface area contributed by atoms with Crippen LogP contribution in [0.4, 0.5) is 0 Å². The van der Waals surface area contributed by atoms with Gasteiger partial charge < -0.3 is 0 Å². The van der Waals surface area contributed by atoms with E-state index in [9.17, 15) is 0 Å². The molecule has 5 aromatic carbocycles. The summed E-state index contributed by atoms with van der Waals surface area (Å²) >= 11 is 1.89. The standard InChI is InChI=1S/C34H21NS/c1-3-11-22(12-4-1)24-19-20-25-28(21-24)32-27-16-8-10-18-30(27)36-34(32)35-29-17-9-7-15-26(29)31(33(25)35)23-13-5-2-6-14-23/h1-21H. The van der Waals surface area contributed by atoms with Gasteiger partial charge in [-0.15, -0.1) is 11.3 Å². The number of rotatable bonds is 2. The van der Waals surface area contributed by atoms with E-state index in [2.05, 4.69) is 132 Å². The smallest absolute Gasteiger partial charge is 0.109 e. The SMILES string of the molecule is c1ccc(-c2ccc3c(c2)c2c4ccccc4sc2n2c4ccccc4c(-c4ccccc4)c32)cc1. The average Bonchev–Trinajstić information content (AvgIpc) is 3.50. The van der Waals surface area contributed by atoms with Crippen molar-refractivity contribution < 1.29 is 0 Å². The van der Waals surface area contributed by atoms with Gasteiger partial charge in [0.1, 0.15) is 4.83 Å². The normalized spacial score (nSPS) is 11.9. The second kappa shape index (κ2) is 7.55. The van der Waals surface area contributed by atoms with Crippen molar-refractivity contribution in [2.24, 2.45) is 0 Å². The first kappa shape index (κ1) is 19.9. The molecular formula is C34H21NS. The topological polar surface area (TPSA) is 4.41 Å². The molecule has 0 aliphatic rings. The quantitative estimate of drug-likeness (QED) is 0.234. The van der Waals surface area contributed by atoms with Gasteiger partial charge in [-0.1, -0.05) is 109 Å². The van der Waals surface area contributed by atoms with Crippen LogP contribution in [0.3, 0.4) is 0 Å². The lowest BCUT2D eigenvalue weighted by Gasteiger charge is -2.11. The third-order valence-electron chi connectivity index (χ3n) is 7.37. The first-order valence-electron chi connectivity index (χ1n) is 12.3. The van der Waals surface area contributed by atoms with Gasteiger partial charge in [0, 0.05) is 31.8 Å². The van der Waals surface area contributed by atoms with Crippen molar-refractivity contribution in [3.8, 4) is 22.3 Å². The second-order valence-electron chi connectivity index (χ2n) is 9.35. The van der Waals surface area contributed by atoms with Gasteiger partial charge in [-0.2, -0.15) is 0 Å². The summed E-state index contributed by atoms with van der Waals surface area (Å²) in [5.74, 6) is 0. The molecule has 1 nitrogen and oxygen atoms in total. The van der Waals surface area contributed by atoms with Crippen LogP contribution in [-0.4, -0.2) is 4.40 Å². The van der Waals surface area contributed by atoms with Gasteiger partial charge in [0.25, 0.3) is 0 Å². The molecule has 36 heavy (non-hydrogen) atoms. The molecule has 0 aliphatic heterocycles. The van der Waals surface area contributed by atoms with Crippen molar-refractivity contribution >= 4 is 58.8 Å². The van der Waals surface area contributed by atoms with Gasteiger partial charge in [0.05, 0.1) is 11.0 Å². The van der Waals surface area contributed by atoms with Crippen LogP contribution >= 0.6 is 11.3 Å².